The largest absolute Gasteiger partial charge is 0.387 e. The number of carbonyl (C=O) groups is 1. The summed E-state index contributed by atoms with van der Waals surface area (Å²) in [5, 5.41) is 23.4. The first-order valence-electron chi connectivity index (χ1n) is 7.76. The molecule has 23 heavy (non-hydrogen) atoms. The summed E-state index contributed by atoms with van der Waals surface area (Å²) in [5.41, 5.74) is 0.835. The summed E-state index contributed by atoms with van der Waals surface area (Å²) < 4.78 is 0. The van der Waals surface area contributed by atoms with Gasteiger partial charge < -0.3 is 15.7 Å². The van der Waals surface area contributed by atoms with E-state index in [1.54, 1.807) is 20.0 Å². The number of hydrogen-bond donors (Lipinski definition) is 4. The highest BCUT2D eigenvalue weighted by molar-refractivity contribution is 5.96. The summed E-state index contributed by atoms with van der Waals surface area (Å²) in [6.07, 6.45) is 4.14. The number of carbonyl (C=O) groups excluding carboxylic acids is 1. The number of aliphatic hydroxyl groups is 1. The summed E-state index contributed by atoms with van der Waals surface area (Å²) in [6.45, 7) is 4.74. The lowest BCUT2D eigenvalue weighted by molar-refractivity contribution is -0.138. The number of H-pyrrole nitrogens is 1. The second-order valence-electron chi connectivity index (χ2n) is 6.60. The van der Waals surface area contributed by atoms with E-state index < -0.39 is 11.0 Å². The Hall–Kier alpha value is -2.18. The molecule has 6 heteroatoms. The molecule has 0 bridgehead atoms. The van der Waals surface area contributed by atoms with E-state index in [0.29, 0.717) is 18.7 Å². The van der Waals surface area contributed by atoms with Crippen molar-refractivity contribution >= 4 is 11.6 Å². The van der Waals surface area contributed by atoms with Crippen LogP contribution in [0.2, 0.25) is 0 Å². The molecule has 2 heterocycles. The third kappa shape index (κ3) is 2.87. The average Bonchev–Trinajstić information content (AvgIpc) is 3.20. The van der Waals surface area contributed by atoms with Gasteiger partial charge in [-0.05, 0) is 44.5 Å². The monoisotopic (exact) mass is 314 g/mol. The molecule has 0 saturated carbocycles. The highest BCUT2D eigenvalue weighted by Gasteiger charge is 2.50. The molecule has 1 atom stereocenters. The fourth-order valence-electron chi connectivity index (χ4n) is 2.87. The predicted molar refractivity (Wildman–Crippen MR) is 88.9 cm³/mol. The maximum Gasteiger partial charge on any atom is 0.232 e. The SMILES string of the molecule is CC(C)(C(=O)Nc1ccc(-c2cn[nH]c2)cc1)C1(O)CCNC1. The number of nitrogens with one attached hydrogen (secondary N) is 3. The van der Waals surface area contributed by atoms with E-state index in [9.17, 15) is 9.90 Å². The number of aromatic amines is 1. The molecule has 1 saturated heterocycles. The van der Waals surface area contributed by atoms with Crippen molar-refractivity contribution in [1.82, 2.24) is 15.5 Å². The Morgan fingerprint density at radius 3 is 2.61 bits per heavy atom. The van der Waals surface area contributed by atoms with Gasteiger partial charge in [0.15, 0.2) is 0 Å². The van der Waals surface area contributed by atoms with Gasteiger partial charge in [-0.15, -0.1) is 0 Å². The van der Waals surface area contributed by atoms with Crippen LogP contribution in [0.15, 0.2) is 36.7 Å². The molecule has 1 aromatic carbocycles. The maximum absolute atomic E-state index is 12.6. The molecule has 1 aliphatic heterocycles. The number of nitrogens with zero attached hydrogens (tertiary/aromatic N) is 1. The molecule has 0 aliphatic carbocycles. The van der Waals surface area contributed by atoms with Crippen LogP contribution in [-0.2, 0) is 4.79 Å². The van der Waals surface area contributed by atoms with Gasteiger partial charge in [-0.1, -0.05) is 12.1 Å². The van der Waals surface area contributed by atoms with Gasteiger partial charge in [0, 0.05) is 24.0 Å². The number of anilines is 1. The lowest BCUT2D eigenvalue weighted by Crippen LogP contribution is -2.53. The van der Waals surface area contributed by atoms with Crippen molar-refractivity contribution in [2.24, 2.45) is 5.41 Å². The Morgan fingerprint density at radius 2 is 2.04 bits per heavy atom. The van der Waals surface area contributed by atoms with Crippen molar-refractivity contribution in [3.8, 4) is 11.1 Å². The van der Waals surface area contributed by atoms with Crippen LogP contribution in [0.4, 0.5) is 5.69 Å². The normalized spacial score (nSPS) is 21.3. The molecular weight excluding hydrogens is 292 g/mol. The van der Waals surface area contributed by atoms with Gasteiger partial charge in [0.2, 0.25) is 5.91 Å². The summed E-state index contributed by atoms with van der Waals surface area (Å²) in [4.78, 5) is 12.6. The van der Waals surface area contributed by atoms with Crippen LogP contribution < -0.4 is 10.6 Å². The molecule has 1 unspecified atom stereocenters. The van der Waals surface area contributed by atoms with Crippen LogP contribution in [0.25, 0.3) is 11.1 Å². The van der Waals surface area contributed by atoms with Crippen molar-refractivity contribution in [2.75, 3.05) is 18.4 Å². The highest BCUT2D eigenvalue weighted by Crippen LogP contribution is 2.36. The van der Waals surface area contributed by atoms with E-state index in [-0.39, 0.29) is 5.91 Å². The Kier molecular flexibility index (Phi) is 3.95. The molecule has 3 rings (SSSR count). The van der Waals surface area contributed by atoms with E-state index in [1.165, 1.54) is 0 Å². The van der Waals surface area contributed by atoms with Crippen molar-refractivity contribution in [3.63, 3.8) is 0 Å². The molecule has 1 fully saturated rings. The molecule has 0 radical (unpaired) electrons. The van der Waals surface area contributed by atoms with Gasteiger partial charge >= 0.3 is 0 Å². The minimum atomic E-state index is -1.02. The van der Waals surface area contributed by atoms with E-state index >= 15 is 0 Å². The van der Waals surface area contributed by atoms with Gasteiger partial charge in [-0.25, -0.2) is 0 Å². The molecule has 1 aromatic heterocycles. The Balaban J connectivity index is 1.72. The van der Waals surface area contributed by atoms with Crippen LogP contribution in [0.5, 0.6) is 0 Å². The number of β-amino-alcohol motifs (C(OH)–C–C–N with tert-alkyl or cyclic N) is 1. The third-order valence-corrected chi connectivity index (χ3v) is 4.84. The molecular formula is C17H22N4O2. The average molecular weight is 314 g/mol. The first-order valence-corrected chi connectivity index (χ1v) is 7.76. The van der Waals surface area contributed by atoms with E-state index in [4.69, 9.17) is 0 Å². The molecule has 1 aliphatic rings. The quantitative estimate of drug-likeness (QED) is 0.692. The first kappa shape index (κ1) is 15.7. The zero-order valence-corrected chi connectivity index (χ0v) is 13.4. The molecule has 1 amide bonds. The zero-order chi connectivity index (χ0) is 16.5. The summed E-state index contributed by atoms with van der Waals surface area (Å²) in [6, 6.07) is 7.57. The fourth-order valence-corrected chi connectivity index (χ4v) is 2.87. The highest BCUT2D eigenvalue weighted by atomic mass is 16.3. The second-order valence-corrected chi connectivity index (χ2v) is 6.60. The van der Waals surface area contributed by atoms with Crippen LogP contribution in [0, 0.1) is 5.41 Å². The number of hydrogen-bond acceptors (Lipinski definition) is 4. The van der Waals surface area contributed by atoms with Gasteiger partial charge in [-0.2, -0.15) is 5.10 Å². The van der Waals surface area contributed by atoms with E-state index in [2.05, 4.69) is 20.8 Å². The minimum Gasteiger partial charge on any atom is -0.387 e. The summed E-state index contributed by atoms with van der Waals surface area (Å²) in [5.74, 6) is -0.181. The lowest BCUT2D eigenvalue weighted by atomic mass is 9.73. The van der Waals surface area contributed by atoms with Gasteiger partial charge in [0.25, 0.3) is 0 Å². The van der Waals surface area contributed by atoms with Crippen LogP contribution in [0.3, 0.4) is 0 Å². The number of benzene rings is 1. The summed E-state index contributed by atoms with van der Waals surface area (Å²) >= 11 is 0. The molecule has 6 nitrogen and oxygen atoms in total. The zero-order valence-electron chi connectivity index (χ0n) is 13.4. The molecule has 0 spiro atoms. The second kappa shape index (κ2) is 5.79. The molecule has 122 valence electrons. The van der Waals surface area contributed by atoms with Crippen molar-refractivity contribution in [1.29, 1.82) is 0 Å². The Morgan fingerprint density at radius 1 is 1.30 bits per heavy atom. The molecule has 4 N–H and O–H groups in total. The van der Waals surface area contributed by atoms with Crippen molar-refractivity contribution in [2.45, 2.75) is 25.9 Å². The smallest absolute Gasteiger partial charge is 0.232 e. The topological polar surface area (TPSA) is 90.0 Å². The fraction of sp³-hybridized carbons (Fsp3) is 0.412. The Labute approximate surface area is 135 Å². The number of amides is 1. The number of aromatic nitrogens is 2. The predicted octanol–water partition coefficient (Wildman–Crippen LogP) is 1.77. The van der Waals surface area contributed by atoms with E-state index in [0.717, 1.165) is 17.7 Å². The van der Waals surface area contributed by atoms with Gasteiger partial charge in [-0.3, -0.25) is 9.89 Å². The minimum absolute atomic E-state index is 0.181. The maximum atomic E-state index is 12.6. The van der Waals surface area contributed by atoms with E-state index in [1.807, 2.05) is 30.5 Å². The van der Waals surface area contributed by atoms with Crippen LogP contribution in [-0.4, -0.2) is 39.9 Å². The standard InChI is InChI=1S/C17H22N4O2/c1-16(2,17(23)7-8-18-11-17)15(22)21-14-5-3-12(4-6-14)13-9-19-20-10-13/h3-6,9-10,18,23H,7-8,11H2,1-2H3,(H,19,20)(H,21,22). The third-order valence-electron chi connectivity index (χ3n) is 4.84. The lowest BCUT2D eigenvalue weighted by Gasteiger charge is -2.37. The van der Waals surface area contributed by atoms with Crippen LogP contribution in [0.1, 0.15) is 20.3 Å². The van der Waals surface area contributed by atoms with Gasteiger partial charge in [0.1, 0.15) is 0 Å². The molecule has 2 aromatic rings. The van der Waals surface area contributed by atoms with Crippen molar-refractivity contribution < 1.29 is 9.90 Å². The Bertz CT molecular complexity index is 671. The van der Waals surface area contributed by atoms with Gasteiger partial charge in [0.05, 0.1) is 17.2 Å². The van der Waals surface area contributed by atoms with Crippen molar-refractivity contribution in [3.05, 3.63) is 36.7 Å². The van der Waals surface area contributed by atoms with Crippen LogP contribution >= 0.6 is 0 Å². The first-order chi connectivity index (χ1) is 10.9. The summed E-state index contributed by atoms with van der Waals surface area (Å²) in [7, 11) is 0. The number of rotatable bonds is 4.